The Morgan fingerprint density at radius 1 is 1.45 bits per heavy atom. The van der Waals surface area contributed by atoms with Crippen LogP contribution in [0.3, 0.4) is 0 Å². The summed E-state index contributed by atoms with van der Waals surface area (Å²) in [5, 5.41) is 9.23. The molecule has 1 N–H and O–H groups in total. The van der Waals surface area contributed by atoms with E-state index in [1.807, 2.05) is 0 Å². The van der Waals surface area contributed by atoms with Crippen LogP contribution in [-0.2, 0) is 11.0 Å². The molecule has 0 radical (unpaired) electrons. The molecule has 0 amide bonds. The van der Waals surface area contributed by atoms with Gasteiger partial charge in [-0.2, -0.15) is 4.40 Å². The van der Waals surface area contributed by atoms with Crippen molar-refractivity contribution in [2.24, 2.45) is 4.40 Å². The first-order valence-electron chi connectivity index (χ1n) is 3.07. The van der Waals surface area contributed by atoms with E-state index in [4.69, 9.17) is 0 Å². The van der Waals surface area contributed by atoms with Crippen LogP contribution in [0.2, 0.25) is 0 Å². The van der Waals surface area contributed by atoms with Gasteiger partial charge in [-0.15, -0.1) is 0 Å². The fourth-order valence-corrected chi connectivity index (χ4v) is 1.88. The highest BCUT2D eigenvalue weighted by molar-refractivity contribution is 7.84. The first kappa shape index (κ1) is 6.54. The molecule has 2 rings (SSSR count). The molecule has 1 aliphatic heterocycles. The molecule has 56 valence electrons. The van der Waals surface area contributed by atoms with Crippen molar-refractivity contribution >= 4 is 17.2 Å². The van der Waals surface area contributed by atoms with Gasteiger partial charge in [-0.1, -0.05) is 12.1 Å². The van der Waals surface area contributed by atoms with Gasteiger partial charge in [0, 0.05) is 11.8 Å². The third-order valence-electron chi connectivity index (χ3n) is 1.49. The molecule has 0 saturated heterocycles. The van der Waals surface area contributed by atoms with Crippen LogP contribution in [-0.4, -0.2) is 15.5 Å². The summed E-state index contributed by atoms with van der Waals surface area (Å²) < 4.78 is 14.7. The summed E-state index contributed by atoms with van der Waals surface area (Å²) in [5.41, 5.74) is 0.739. The topological polar surface area (TPSA) is 49.7 Å². The van der Waals surface area contributed by atoms with E-state index in [9.17, 15) is 9.32 Å². The van der Waals surface area contributed by atoms with Crippen molar-refractivity contribution in [2.75, 3.05) is 0 Å². The van der Waals surface area contributed by atoms with Gasteiger partial charge in [0.05, 0.1) is 0 Å². The highest BCUT2D eigenvalue weighted by Crippen LogP contribution is 2.27. The minimum atomic E-state index is -1.39. The summed E-state index contributed by atoms with van der Waals surface area (Å²) >= 11 is 0. The van der Waals surface area contributed by atoms with Crippen molar-refractivity contribution in [2.45, 2.75) is 4.90 Å². The molecule has 1 heterocycles. The first-order chi connectivity index (χ1) is 5.29. The lowest BCUT2D eigenvalue weighted by Crippen LogP contribution is -1.85. The molecule has 0 spiro atoms. The van der Waals surface area contributed by atoms with Gasteiger partial charge in [-0.3, -0.25) is 0 Å². The Bertz CT molecular complexity index is 359. The Kier molecular flexibility index (Phi) is 1.29. The van der Waals surface area contributed by atoms with Crippen LogP contribution >= 0.6 is 0 Å². The van der Waals surface area contributed by atoms with Crippen molar-refractivity contribution in [1.82, 2.24) is 0 Å². The van der Waals surface area contributed by atoms with Crippen molar-refractivity contribution in [3.63, 3.8) is 0 Å². The number of aromatic hydroxyl groups is 1. The van der Waals surface area contributed by atoms with E-state index in [1.165, 1.54) is 12.3 Å². The number of hydrogen-bond acceptors (Lipinski definition) is 2. The molecule has 4 heteroatoms. The molecule has 3 nitrogen and oxygen atoms in total. The molecular formula is C7H5NO2S. The third kappa shape index (κ3) is 0.867. The maximum Gasteiger partial charge on any atom is 0.176 e. The molecule has 1 atom stereocenters. The summed E-state index contributed by atoms with van der Waals surface area (Å²) in [5.74, 6) is 0.0540. The highest BCUT2D eigenvalue weighted by atomic mass is 32.2. The van der Waals surface area contributed by atoms with Gasteiger partial charge in [0.25, 0.3) is 0 Å². The Hall–Kier alpha value is -1.16. The smallest absolute Gasteiger partial charge is 0.176 e. The average molecular weight is 167 g/mol. The SMILES string of the molecule is O=S1N=Cc2cccc(O)c21. The van der Waals surface area contributed by atoms with E-state index in [2.05, 4.69) is 4.40 Å². The number of phenols is 1. The van der Waals surface area contributed by atoms with Gasteiger partial charge in [-0.25, -0.2) is 4.21 Å². The molecule has 1 aromatic rings. The minimum Gasteiger partial charge on any atom is -0.507 e. The second kappa shape index (κ2) is 2.17. The summed E-state index contributed by atoms with van der Waals surface area (Å²) in [4.78, 5) is 0.424. The van der Waals surface area contributed by atoms with Crippen LogP contribution in [0.25, 0.3) is 0 Å². The summed E-state index contributed by atoms with van der Waals surface area (Å²) in [6.07, 6.45) is 1.51. The lowest BCUT2D eigenvalue weighted by Gasteiger charge is -1.96. The highest BCUT2D eigenvalue weighted by Gasteiger charge is 2.17. The van der Waals surface area contributed by atoms with E-state index >= 15 is 0 Å². The standard InChI is InChI=1S/C7H5NO2S/c9-6-3-1-2-5-4-8-11(10)7(5)6/h1-4,9H. The van der Waals surface area contributed by atoms with E-state index in [1.54, 1.807) is 12.1 Å². The molecule has 11 heavy (non-hydrogen) atoms. The predicted octanol–water partition coefficient (Wildman–Crippen LogP) is 0.847. The molecular weight excluding hydrogens is 162 g/mol. The fourth-order valence-electron chi connectivity index (χ4n) is 0.991. The molecule has 1 aliphatic rings. The molecule has 1 unspecified atom stereocenters. The van der Waals surface area contributed by atoms with Crippen molar-refractivity contribution in [3.05, 3.63) is 23.8 Å². The summed E-state index contributed by atoms with van der Waals surface area (Å²) in [6, 6.07) is 4.97. The third-order valence-corrected chi connectivity index (χ3v) is 2.58. The number of benzene rings is 1. The van der Waals surface area contributed by atoms with Crippen molar-refractivity contribution in [1.29, 1.82) is 0 Å². The molecule has 0 aromatic heterocycles. The number of fused-ring (bicyclic) bond motifs is 1. The molecule has 1 aromatic carbocycles. The van der Waals surface area contributed by atoms with Crippen LogP contribution in [0, 0.1) is 0 Å². The maximum atomic E-state index is 11.0. The summed E-state index contributed by atoms with van der Waals surface area (Å²) in [7, 11) is -1.39. The normalized spacial score (nSPS) is 20.2. The van der Waals surface area contributed by atoms with E-state index in [-0.39, 0.29) is 5.75 Å². The van der Waals surface area contributed by atoms with Crippen LogP contribution in [0.15, 0.2) is 27.5 Å². The Labute approximate surface area is 66.0 Å². The van der Waals surface area contributed by atoms with Gasteiger partial charge < -0.3 is 5.11 Å². The number of nitrogens with zero attached hydrogens (tertiary/aromatic N) is 1. The maximum absolute atomic E-state index is 11.0. The van der Waals surface area contributed by atoms with Crippen LogP contribution in [0.5, 0.6) is 5.75 Å². The van der Waals surface area contributed by atoms with E-state index in [0.29, 0.717) is 4.90 Å². The number of rotatable bonds is 0. The Morgan fingerprint density at radius 2 is 2.27 bits per heavy atom. The monoisotopic (exact) mass is 167 g/mol. The lowest BCUT2D eigenvalue weighted by molar-refractivity contribution is 0.461. The Morgan fingerprint density at radius 3 is 3.00 bits per heavy atom. The molecule has 0 fully saturated rings. The van der Waals surface area contributed by atoms with Crippen molar-refractivity contribution in [3.8, 4) is 5.75 Å². The van der Waals surface area contributed by atoms with Gasteiger partial charge in [-0.05, 0) is 6.07 Å². The largest absolute Gasteiger partial charge is 0.507 e. The molecule has 0 saturated carbocycles. The lowest BCUT2D eigenvalue weighted by atomic mass is 10.2. The Balaban J connectivity index is 2.74. The van der Waals surface area contributed by atoms with Crippen LogP contribution < -0.4 is 0 Å². The zero-order valence-electron chi connectivity index (χ0n) is 5.52. The average Bonchev–Trinajstić information content (AvgIpc) is 2.34. The second-order valence-corrected chi connectivity index (χ2v) is 3.30. The number of hydrogen-bond donors (Lipinski definition) is 1. The fraction of sp³-hybridized carbons (Fsp3) is 0. The molecule has 0 aliphatic carbocycles. The van der Waals surface area contributed by atoms with Gasteiger partial charge in [0.15, 0.2) is 11.0 Å². The molecule has 0 bridgehead atoms. The minimum absolute atomic E-state index is 0.0540. The first-order valence-corrected chi connectivity index (χ1v) is 4.17. The zero-order chi connectivity index (χ0) is 7.84. The van der Waals surface area contributed by atoms with Gasteiger partial charge >= 0.3 is 0 Å². The van der Waals surface area contributed by atoms with Crippen LogP contribution in [0.1, 0.15) is 5.56 Å². The van der Waals surface area contributed by atoms with E-state index in [0.717, 1.165) is 5.56 Å². The predicted molar refractivity (Wildman–Crippen MR) is 42.1 cm³/mol. The quantitative estimate of drug-likeness (QED) is 0.622. The number of phenolic OH excluding ortho intramolecular Hbond substituents is 1. The van der Waals surface area contributed by atoms with E-state index < -0.39 is 11.0 Å². The zero-order valence-corrected chi connectivity index (χ0v) is 6.34. The van der Waals surface area contributed by atoms with Gasteiger partial charge in [0.1, 0.15) is 10.6 Å². The second-order valence-electron chi connectivity index (χ2n) is 2.18. The van der Waals surface area contributed by atoms with Crippen molar-refractivity contribution < 1.29 is 9.32 Å². The summed E-state index contributed by atoms with van der Waals surface area (Å²) in [6.45, 7) is 0. The van der Waals surface area contributed by atoms with Crippen LogP contribution in [0.4, 0.5) is 0 Å². The van der Waals surface area contributed by atoms with Gasteiger partial charge in [0.2, 0.25) is 0 Å².